The number of nitrogens with zero attached hydrogens (tertiary/aromatic N) is 1. The number of rotatable bonds is 2. The van der Waals surface area contributed by atoms with Gasteiger partial charge in [-0.15, -0.1) is 5.06 Å². The van der Waals surface area contributed by atoms with Crippen LogP contribution in [-0.2, 0) is 23.9 Å². The highest BCUT2D eigenvalue weighted by molar-refractivity contribution is 6.00. The summed E-state index contributed by atoms with van der Waals surface area (Å²) in [5.41, 5.74) is 2.20. The normalized spacial score (nSPS) is 26.1. The van der Waals surface area contributed by atoms with Crippen molar-refractivity contribution in [2.45, 2.75) is 62.9 Å². The SMILES string of the molecule is COC(=O)C1=C(C(=O)OC)C2c3ccccc3C(C)CC3(CCCCC3)N2O1. The third-order valence-electron chi connectivity index (χ3n) is 6.48. The van der Waals surface area contributed by atoms with Crippen LogP contribution in [-0.4, -0.2) is 36.8 Å². The van der Waals surface area contributed by atoms with Crippen LogP contribution in [0.2, 0.25) is 0 Å². The van der Waals surface area contributed by atoms with Gasteiger partial charge in [-0.3, -0.25) is 0 Å². The van der Waals surface area contributed by atoms with Gasteiger partial charge in [-0.25, -0.2) is 9.59 Å². The van der Waals surface area contributed by atoms with Crippen molar-refractivity contribution >= 4 is 11.9 Å². The van der Waals surface area contributed by atoms with Gasteiger partial charge in [0.2, 0.25) is 5.76 Å². The van der Waals surface area contributed by atoms with Gasteiger partial charge in [0, 0.05) is 0 Å². The van der Waals surface area contributed by atoms with E-state index < -0.39 is 18.0 Å². The highest BCUT2D eigenvalue weighted by Crippen LogP contribution is 2.54. The Labute approximate surface area is 165 Å². The molecule has 3 aliphatic rings. The zero-order valence-electron chi connectivity index (χ0n) is 16.7. The smallest absolute Gasteiger partial charge is 0.376 e. The summed E-state index contributed by atoms with van der Waals surface area (Å²) in [6.45, 7) is 2.24. The summed E-state index contributed by atoms with van der Waals surface area (Å²) >= 11 is 0. The molecule has 6 heteroatoms. The fraction of sp³-hybridized carbons (Fsp3) is 0.545. The molecule has 1 saturated carbocycles. The summed E-state index contributed by atoms with van der Waals surface area (Å²) in [5, 5.41) is 1.92. The summed E-state index contributed by atoms with van der Waals surface area (Å²) in [6, 6.07) is 7.66. The van der Waals surface area contributed by atoms with E-state index in [-0.39, 0.29) is 16.9 Å². The molecule has 2 unspecified atom stereocenters. The van der Waals surface area contributed by atoms with Gasteiger partial charge in [0.15, 0.2) is 0 Å². The van der Waals surface area contributed by atoms with Crippen LogP contribution in [0, 0.1) is 0 Å². The second-order valence-electron chi connectivity index (χ2n) is 8.06. The van der Waals surface area contributed by atoms with E-state index in [0.717, 1.165) is 37.7 Å². The molecule has 0 aromatic heterocycles. The third-order valence-corrected chi connectivity index (χ3v) is 6.48. The minimum atomic E-state index is -0.648. The maximum atomic E-state index is 12.8. The van der Waals surface area contributed by atoms with E-state index in [2.05, 4.69) is 13.0 Å². The highest BCUT2D eigenvalue weighted by atomic mass is 16.7. The Morgan fingerprint density at radius 3 is 2.32 bits per heavy atom. The average Bonchev–Trinajstić information content (AvgIpc) is 3.10. The monoisotopic (exact) mass is 385 g/mol. The van der Waals surface area contributed by atoms with E-state index in [1.165, 1.54) is 26.2 Å². The third kappa shape index (κ3) is 2.82. The van der Waals surface area contributed by atoms with Crippen LogP contribution in [0.25, 0.3) is 0 Å². The number of hydroxylamine groups is 2. The Hall–Kier alpha value is -2.34. The van der Waals surface area contributed by atoms with E-state index in [1.807, 2.05) is 23.3 Å². The Morgan fingerprint density at radius 1 is 1.04 bits per heavy atom. The number of carbonyl (C=O) groups excluding carboxylic acids is 2. The summed E-state index contributed by atoms with van der Waals surface area (Å²) in [7, 11) is 2.62. The van der Waals surface area contributed by atoms with E-state index >= 15 is 0 Å². The van der Waals surface area contributed by atoms with Gasteiger partial charge in [-0.05, 0) is 36.3 Å². The average molecular weight is 385 g/mol. The van der Waals surface area contributed by atoms with Crippen LogP contribution in [0.5, 0.6) is 0 Å². The first-order valence-electron chi connectivity index (χ1n) is 9.99. The molecule has 0 radical (unpaired) electrons. The molecule has 1 fully saturated rings. The first-order valence-corrected chi connectivity index (χ1v) is 9.99. The Balaban J connectivity index is 1.93. The second-order valence-corrected chi connectivity index (χ2v) is 8.06. The van der Waals surface area contributed by atoms with Gasteiger partial charge in [0.05, 0.1) is 19.8 Å². The van der Waals surface area contributed by atoms with E-state index in [9.17, 15) is 9.59 Å². The molecule has 0 amide bonds. The number of fused-ring (bicyclic) bond motifs is 4. The lowest BCUT2D eigenvalue weighted by Gasteiger charge is -2.45. The number of esters is 2. The van der Waals surface area contributed by atoms with Crippen LogP contribution in [0.3, 0.4) is 0 Å². The lowest BCUT2D eigenvalue weighted by molar-refractivity contribution is -0.211. The number of ether oxygens (including phenoxy) is 2. The summed E-state index contributed by atoms with van der Waals surface area (Å²) in [5.74, 6) is -0.925. The quantitative estimate of drug-likeness (QED) is 0.722. The lowest BCUT2D eigenvalue weighted by atomic mass is 9.75. The topological polar surface area (TPSA) is 65.1 Å². The Bertz CT molecular complexity index is 824. The Kier molecular flexibility index (Phi) is 4.91. The molecule has 0 bridgehead atoms. The largest absolute Gasteiger partial charge is 0.465 e. The van der Waals surface area contributed by atoms with Crippen LogP contribution < -0.4 is 0 Å². The second kappa shape index (κ2) is 7.24. The maximum Gasteiger partial charge on any atom is 0.376 e. The van der Waals surface area contributed by atoms with Crippen molar-refractivity contribution < 1.29 is 23.9 Å². The first kappa shape index (κ1) is 19.0. The van der Waals surface area contributed by atoms with E-state index in [1.54, 1.807) is 0 Å². The molecule has 4 rings (SSSR count). The molecule has 28 heavy (non-hydrogen) atoms. The molecule has 1 aromatic carbocycles. The molecule has 0 saturated heterocycles. The fourth-order valence-electron chi connectivity index (χ4n) is 5.26. The van der Waals surface area contributed by atoms with Gasteiger partial charge in [0.1, 0.15) is 11.6 Å². The number of methoxy groups -OCH3 is 2. The molecule has 2 heterocycles. The number of hydrogen-bond donors (Lipinski definition) is 0. The number of hydrogen-bond acceptors (Lipinski definition) is 6. The van der Waals surface area contributed by atoms with Crippen molar-refractivity contribution in [1.82, 2.24) is 5.06 Å². The van der Waals surface area contributed by atoms with Crippen molar-refractivity contribution in [3.8, 4) is 0 Å². The van der Waals surface area contributed by atoms with Gasteiger partial charge < -0.3 is 14.3 Å². The van der Waals surface area contributed by atoms with Crippen LogP contribution >= 0.6 is 0 Å². The summed E-state index contributed by atoms with van der Waals surface area (Å²) in [6.07, 6.45) is 6.29. The van der Waals surface area contributed by atoms with Gasteiger partial charge >= 0.3 is 11.9 Å². The van der Waals surface area contributed by atoms with Crippen LogP contribution in [0.4, 0.5) is 0 Å². The molecule has 1 aliphatic carbocycles. The molecular formula is C22H27NO5. The van der Waals surface area contributed by atoms with Gasteiger partial charge in [-0.2, -0.15) is 0 Å². The maximum absolute atomic E-state index is 12.8. The summed E-state index contributed by atoms with van der Waals surface area (Å²) < 4.78 is 9.98. The van der Waals surface area contributed by atoms with Crippen LogP contribution in [0.15, 0.2) is 35.6 Å². The first-order chi connectivity index (χ1) is 13.5. The van der Waals surface area contributed by atoms with E-state index in [4.69, 9.17) is 14.3 Å². The van der Waals surface area contributed by atoms with Crippen molar-refractivity contribution in [2.24, 2.45) is 0 Å². The molecule has 150 valence electrons. The molecule has 2 aliphatic heterocycles. The predicted octanol–water partition coefficient (Wildman–Crippen LogP) is 3.79. The molecule has 1 aromatic rings. The standard InChI is InChI=1S/C22H27NO5/c1-14-13-22(11-7-4-8-12-22)23-18(16-10-6-5-9-15(14)16)17(20(24)26-2)19(28-23)21(25)27-3/h5-6,9-10,14,18H,4,7-8,11-13H2,1-3H3. The zero-order valence-corrected chi connectivity index (χ0v) is 16.7. The fourth-order valence-corrected chi connectivity index (χ4v) is 5.26. The Morgan fingerprint density at radius 2 is 1.68 bits per heavy atom. The predicted molar refractivity (Wildman–Crippen MR) is 102 cm³/mol. The molecular weight excluding hydrogens is 358 g/mol. The van der Waals surface area contributed by atoms with Crippen LogP contribution in [0.1, 0.15) is 68.5 Å². The zero-order chi connectivity index (χ0) is 19.9. The van der Waals surface area contributed by atoms with Crippen molar-refractivity contribution in [3.63, 3.8) is 0 Å². The minimum absolute atomic E-state index is 0.0475. The molecule has 6 nitrogen and oxygen atoms in total. The molecule has 1 spiro atoms. The molecule has 0 N–H and O–H groups in total. The van der Waals surface area contributed by atoms with Crippen molar-refractivity contribution in [3.05, 3.63) is 46.7 Å². The molecule has 2 atom stereocenters. The number of carbonyl (C=O) groups is 2. The number of benzene rings is 1. The van der Waals surface area contributed by atoms with Crippen molar-refractivity contribution in [2.75, 3.05) is 14.2 Å². The van der Waals surface area contributed by atoms with Gasteiger partial charge in [-0.1, -0.05) is 50.5 Å². The minimum Gasteiger partial charge on any atom is -0.465 e. The van der Waals surface area contributed by atoms with Gasteiger partial charge in [0.25, 0.3) is 0 Å². The lowest BCUT2D eigenvalue weighted by Crippen LogP contribution is -2.49. The highest BCUT2D eigenvalue weighted by Gasteiger charge is 2.55. The van der Waals surface area contributed by atoms with E-state index in [0.29, 0.717) is 5.92 Å². The summed E-state index contributed by atoms with van der Waals surface area (Å²) in [4.78, 5) is 31.4. The van der Waals surface area contributed by atoms with Crippen molar-refractivity contribution in [1.29, 1.82) is 0 Å².